The highest BCUT2D eigenvalue weighted by Gasteiger charge is 2.43. The van der Waals surface area contributed by atoms with Crippen LogP contribution in [0.15, 0.2) is 58.2 Å². The second-order valence-electron chi connectivity index (χ2n) is 7.55. The highest BCUT2D eigenvalue weighted by molar-refractivity contribution is 7.89. The topological polar surface area (TPSA) is 98.4 Å². The van der Waals surface area contributed by atoms with Crippen molar-refractivity contribution in [2.45, 2.75) is 29.6 Å². The van der Waals surface area contributed by atoms with E-state index in [0.717, 1.165) is 0 Å². The molecule has 10 heteroatoms. The lowest BCUT2D eigenvalue weighted by atomic mass is 9.75. The molecule has 0 radical (unpaired) electrons. The van der Waals surface area contributed by atoms with Crippen molar-refractivity contribution in [1.82, 2.24) is 19.4 Å². The number of hydrogen-bond acceptors (Lipinski definition) is 7. The fourth-order valence-corrected chi connectivity index (χ4v) is 5.24. The molecule has 1 saturated heterocycles. The second kappa shape index (κ2) is 8.81. The Bertz CT molecular complexity index is 1110. The lowest BCUT2D eigenvalue weighted by Gasteiger charge is -2.39. The zero-order valence-electron chi connectivity index (χ0n) is 17.1. The predicted octanol–water partition coefficient (Wildman–Crippen LogP) is 3.03. The van der Waals surface area contributed by atoms with Crippen molar-refractivity contribution in [2.75, 3.05) is 26.8 Å². The largest absolute Gasteiger partial charge is 0.385 e. The molecule has 3 aromatic rings. The summed E-state index contributed by atoms with van der Waals surface area (Å²) in [4.78, 5) is 8.67. The molecular formula is C21H23FN4O4S. The molecule has 0 amide bonds. The number of methoxy groups -OCH3 is 1. The minimum Gasteiger partial charge on any atom is -0.385 e. The standard InChI is InChI=1S/C21H23FN4O4S/c1-29-14-10-21(20-24-19(30-25-20)16-4-6-17(22)7-5-16)8-12-26(13-9-21)31(27,28)18-3-2-11-23-15-18/h2-7,11,15H,8-10,12-14H2,1H3. The van der Waals surface area contributed by atoms with Crippen molar-refractivity contribution in [3.05, 3.63) is 60.4 Å². The number of halogens is 1. The molecule has 0 N–H and O–H groups in total. The summed E-state index contributed by atoms with van der Waals surface area (Å²) >= 11 is 0. The van der Waals surface area contributed by atoms with Gasteiger partial charge >= 0.3 is 0 Å². The average Bonchev–Trinajstić information content (AvgIpc) is 3.30. The van der Waals surface area contributed by atoms with Gasteiger partial charge in [-0.25, -0.2) is 12.8 Å². The molecule has 0 atom stereocenters. The van der Waals surface area contributed by atoms with Crippen LogP contribution in [0.1, 0.15) is 25.1 Å². The second-order valence-corrected chi connectivity index (χ2v) is 9.48. The van der Waals surface area contributed by atoms with Crippen LogP contribution in [0.25, 0.3) is 11.5 Å². The van der Waals surface area contributed by atoms with Crippen molar-refractivity contribution < 1.29 is 22.1 Å². The van der Waals surface area contributed by atoms with Crippen LogP contribution in [0, 0.1) is 5.82 Å². The van der Waals surface area contributed by atoms with E-state index in [-0.39, 0.29) is 10.7 Å². The van der Waals surface area contributed by atoms with Crippen LogP contribution in [0.3, 0.4) is 0 Å². The van der Waals surface area contributed by atoms with Gasteiger partial charge in [0.05, 0.1) is 0 Å². The Kier molecular flexibility index (Phi) is 6.12. The minimum atomic E-state index is -3.62. The predicted molar refractivity (Wildman–Crippen MR) is 110 cm³/mol. The Morgan fingerprint density at radius 1 is 1.19 bits per heavy atom. The Morgan fingerprint density at radius 2 is 1.94 bits per heavy atom. The highest BCUT2D eigenvalue weighted by atomic mass is 32.2. The van der Waals surface area contributed by atoms with E-state index >= 15 is 0 Å². The zero-order valence-corrected chi connectivity index (χ0v) is 17.9. The highest BCUT2D eigenvalue weighted by Crippen LogP contribution is 2.39. The van der Waals surface area contributed by atoms with E-state index in [0.29, 0.717) is 56.2 Å². The molecule has 31 heavy (non-hydrogen) atoms. The van der Waals surface area contributed by atoms with Crippen LogP contribution in [0.2, 0.25) is 0 Å². The molecule has 0 saturated carbocycles. The van der Waals surface area contributed by atoms with Gasteiger partial charge in [0.15, 0.2) is 5.82 Å². The van der Waals surface area contributed by atoms with Crippen molar-refractivity contribution in [2.24, 2.45) is 0 Å². The smallest absolute Gasteiger partial charge is 0.257 e. The van der Waals surface area contributed by atoms with Crippen LogP contribution >= 0.6 is 0 Å². The van der Waals surface area contributed by atoms with Crippen LogP contribution in [0.4, 0.5) is 4.39 Å². The first-order valence-electron chi connectivity index (χ1n) is 9.94. The Balaban J connectivity index is 1.57. The van der Waals surface area contributed by atoms with E-state index < -0.39 is 15.4 Å². The molecule has 0 aliphatic carbocycles. The maximum atomic E-state index is 13.2. The minimum absolute atomic E-state index is 0.178. The summed E-state index contributed by atoms with van der Waals surface area (Å²) in [5, 5.41) is 4.20. The number of pyridine rings is 1. The van der Waals surface area contributed by atoms with Gasteiger partial charge in [0.2, 0.25) is 10.0 Å². The third-order valence-corrected chi connectivity index (χ3v) is 7.61. The average molecular weight is 447 g/mol. The van der Waals surface area contributed by atoms with Crippen LogP contribution in [-0.2, 0) is 20.2 Å². The molecule has 8 nitrogen and oxygen atoms in total. The summed E-state index contributed by atoms with van der Waals surface area (Å²) < 4.78 is 51.3. The number of sulfonamides is 1. The van der Waals surface area contributed by atoms with E-state index in [9.17, 15) is 12.8 Å². The number of ether oxygens (including phenoxy) is 1. The van der Waals surface area contributed by atoms with E-state index in [4.69, 9.17) is 9.26 Å². The van der Waals surface area contributed by atoms with Gasteiger partial charge in [-0.05, 0) is 55.7 Å². The summed E-state index contributed by atoms with van der Waals surface area (Å²) in [6.45, 7) is 1.12. The molecular weight excluding hydrogens is 423 g/mol. The molecule has 0 spiro atoms. The van der Waals surface area contributed by atoms with Crippen molar-refractivity contribution in [3.63, 3.8) is 0 Å². The van der Waals surface area contributed by atoms with Gasteiger partial charge in [0.25, 0.3) is 5.89 Å². The third kappa shape index (κ3) is 4.36. The number of benzene rings is 1. The summed E-state index contributed by atoms with van der Waals surface area (Å²) in [6.07, 6.45) is 4.58. The normalized spacial score (nSPS) is 17.0. The molecule has 1 fully saturated rings. The Labute approximate surface area is 180 Å². The Morgan fingerprint density at radius 3 is 2.58 bits per heavy atom. The van der Waals surface area contributed by atoms with E-state index in [2.05, 4.69) is 15.1 Å². The lowest BCUT2D eigenvalue weighted by molar-refractivity contribution is 0.132. The molecule has 164 valence electrons. The van der Waals surface area contributed by atoms with E-state index in [1.54, 1.807) is 37.6 Å². The maximum Gasteiger partial charge on any atom is 0.257 e. The first kappa shape index (κ1) is 21.5. The van der Waals surface area contributed by atoms with Crippen LogP contribution < -0.4 is 0 Å². The molecule has 2 aromatic heterocycles. The molecule has 0 bridgehead atoms. The lowest BCUT2D eigenvalue weighted by Crippen LogP contribution is -2.46. The summed E-state index contributed by atoms with van der Waals surface area (Å²) in [5.74, 6) is 0.474. The third-order valence-electron chi connectivity index (χ3n) is 5.73. The van der Waals surface area contributed by atoms with Crippen LogP contribution in [0.5, 0.6) is 0 Å². The number of rotatable bonds is 7. The van der Waals surface area contributed by atoms with Crippen LogP contribution in [-0.4, -0.2) is 54.7 Å². The quantitative estimate of drug-likeness (QED) is 0.550. The van der Waals surface area contributed by atoms with Gasteiger partial charge < -0.3 is 9.26 Å². The van der Waals surface area contributed by atoms with Crippen molar-refractivity contribution in [1.29, 1.82) is 0 Å². The summed E-state index contributed by atoms with van der Waals surface area (Å²) in [6, 6.07) is 8.98. The zero-order chi connectivity index (χ0) is 21.9. The molecule has 3 heterocycles. The SMILES string of the molecule is COCCC1(c2noc(-c3ccc(F)cc3)n2)CCN(S(=O)(=O)c2cccnc2)CC1. The van der Waals surface area contributed by atoms with Gasteiger partial charge in [0.1, 0.15) is 10.7 Å². The fourth-order valence-electron chi connectivity index (χ4n) is 3.83. The monoisotopic (exact) mass is 446 g/mol. The van der Waals surface area contributed by atoms with Gasteiger partial charge in [-0.3, -0.25) is 4.98 Å². The first-order chi connectivity index (χ1) is 14.9. The number of hydrogen-bond donors (Lipinski definition) is 0. The van der Waals surface area contributed by atoms with Gasteiger partial charge in [-0.15, -0.1) is 0 Å². The maximum absolute atomic E-state index is 13.2. The van der Waals surface area contributed by atoms with E-state index in [1.807, 2.05) is 0 Å². The summed E-state index contributed by atoms with van der Waals surface area (Å²) in [7, 11) is -2.00. The van der Waals surface area contributed by atoms with E-state index in [1.165, 1.54) is 22.6 Å². The molecule has 0 unspecified atom stereocenters. The van der Waals surface area contributed by atoms with Gasteiger partial charge in [0, 0.05) is 50.2 Å². The van der Waals surface area contributed by atoms with Gasteiger partial charge in [-0.1, -0.05) is 5.16 Å². The van der Waals surface area contributed by atoms with Crippen molar-refractivity contribution in [3.8, 4) is 11.5 Å². The molecule has 1 aliphatic rings. The van der Waals surface area contributed by atoms with Gasteiger partial charge in [-0.2, -0.15) is 9.29 Å². The Hall–Kier alpha value is -2.69. The fraction of sp³-hybridized carbons (Fsp3) is 0.381. The number of nitrogens with zero attached hydrogens (tertiary/aromatic N) is 4. The molecule has 1 aromatic carbocycles. The van der Waals surface area contributed by atoms with Crippen molar-refractivity contribution >= 4 is 10.0 Å². The number of piperidine rings is 1. The number of aromatic nitrogens is 3. The summed E-state index contributed by atoms with van der Waals surface area (Å²) in [5.41, 5.74) is 0.150. The molecule has 4 rings (SSSR count). The first-order valence-corrected chi connectivity index (χ1v) is 11.4. The molecule has 1 aliphatic heterocycles.